The largest absolute Gasteiger partial charge is 0.496 e. The Morgan fingerprint density at radius 3 is 2.38 bits per heavy atom. The molecule has 0 saturated heterocycles. The van der Waals surface area contributed by atoms with Gasteiger partial charge in [0.15, 0.2) is 0 Å². The summed E-state index contributed by atoms with van der Waals surface area (Å²) in [5.74, 6) is -0.428. The van der Waals surface area contributed by atoms with Crippen LogP contribution in [0.1, 0.15) is 21.5 Å². The fourth-order valence-corrected chi connectivity index (χ4v) is 4.27. The summed E-state index contributed by atoms with van der Waals surface area (Å²) < 4.78 is 44.7. The quantitative estimate of drug-likeness (QED) is 0.519. The molecule has 6 nitrogen and oxygen atoms in total. The van der Waals surface area contributed by atoms with Gasteiger partial charge in [0, 0.05) is 21.8 Å². The molecule has 0 bridgehead atoms. The molecule has 0 aliphatic rings. The first-order chi connectivity index (χ1) is 15.1. The van der Waals surface area contributed by atoms with Crippen LogP contribution in [-0.2, 0) is 16.6 Å². The first-order valence-corrected chi connectivity index (χ1v) is 11.8. The molecular formula is C23H22ClFN2O4S. The van der Waals surface area contributed by atoms with Crippen LogP contribution in [0.25, 0.3) is 0 Å². The van der Waals surface area contributed by atoms with E-state index >= 15 is 0 Å². The molecule has 9 heteroatoms. The zero-order chi connectivity index (χ0) is 23.5. The van der Waals surface area contributed by atoms with Gasteiger partial charge in [0.1, 0.15) is 11.6 Å². The molecule has 168 valence electrons. The summed E-state index contributed by atoms with van der Waals surface area (Å²) in [7, 11) is -2.25. The fraction of sp³-hybridized carbons (Fsp3) is 0.174. The molecule has 0 fully saturated rings. The third-order valence-corrected chi connectivity index (χ3v) is 6.18. The first kappa shape index (κ1) is 23.6. The van der Waals surface area contributed by atoms with E-state index in [0.717, 1.165) is 16.1 Å². The molecule has 3 aromatic rings. The Hall–Kier alpha value is -3.10. The Morgan fingerprint density at radius 1 is 1.09 bits per heavy atom. The number of carbonyl (C=O) groups is 1. The summed E-state index contributed by atoms with van der Waals surface area (Å²) in [6.45, 7) is 1.72. The van der Waals surface area contributed by atoms with Crippen LogP contribution in [0.2, 0.25) is 5.02 Å². The highest BCUT2D eigenvalue weighted by Gasteiger charge is 2.21. The molecule has 3 aromatic carbocycles. The van der Waals surface area contributed by atoms with Gasteiger partial charge < -0.3 is 10.1 Å². The molecule has 3 rings (SSSR count). The Balaban J connectivity index is 1.94. The van der Waals surface area contributed by atoms with Crippen molar-refractivity contribution < 1.29 is 22.3 Å². The Bertz CT molecular complexity index is 1250. The zero-order valence-corrected chi connectivity index (χ0v) is 19.3. The van der Waals surface area contributed by atoms with E-state index in [9.17, 15) is 17.6 Å². The van der Waals surface area contributed by atoms with E-state index in [1.165, 1.54) is 31.4 Å². The third-order valence-electron chi connectivity index (χ3n) is 4.81. The maximum atomic E-state index is 13.3. The Morgan fingerprint density at radius 2 is 1.78 bits per heavy atom. The fourth-order valence-electron chi connectivity index (χ4n) is 3.17. The van der Waals surface area contributed by atoms with Crippen molar-refractivity contribution in [2.75, 3.05) is 23.0 Å². The van der Waals surface area contributed by atoms with Crippen LogP contribution in [0.5, 0.6) is 5.75 Å². The van der Waals surface area contributed by atoms with Crippen molar-refractivity contribution in [3.05, 3.63) is 88.2 Å². The second-order valence-corrected chi connectivity index (χ2v) is 9.53. The average Bonchev–Trinajstić information content (AvgIpc) is 2.73. The molecule has 0 aromatic heterocycles. The lowest BCUT2D eigenvalue weighted by Crippen LogP contribution is -2.29. The first-order valence-electron chi connectivity index (χ1n) is 9.56. The molecular weight excluding hydrogens is 455 g/mol. The average molecular weight is 477 g/mol. The minimum atomic E-state index is -3.70. The SMILES string of the molecule is COc1ccc(C(=O)Nc2ccc(Cl)cc2C)cc1CN(c1ccc(F)cc1)S(C)(=O)=O. The van der Waals surface area contributed by atoms with Gasteiger partial charge in [0.2, 0.25) is 10.0 Å². The number of anilines is 2. The van der Waals surface area contributed by atoms with Gasteiger partial charge in [-0.05, 0) is 73.2 Å². The van der Waals surface area contributed by atoms with Crippen LogP contribution in [0, 0.1) is 12.7 Å². The number of rotatable bonds is 7. The van der Waals surface area contributed by atoms with Gasteiger partial charge in [0.05, 0.1) is 25.6 Å². The summed E-state index contributed by atoms with van der Waals surface area (Å²) in [5.41, 5.74) is 2.51. The summed E-state index contributed by atoms with van der Waals surface area (Å²) in [4.78, 5) is 12.8. The lowest BCUT2D eigenvalue weighted by Gasteiger charge is -2.24. The smallest absolute Gasteiger partial charge is 0.255 e. The van der Waals surface area contributed by atoms with E-state index in [2.05, 4.69) is 5.32 Å². The molecule has 0 heterocycles. The molecule has 0 radical (unpaired) electrons. The van der Waals surface area contributed by atoms with Crippen molar-refractivity contribution >= 4 is 38.9 Å². The molecule has 0 saturated carbocycles. The van der Waals surface area contributed by atoms with Gasteiger partial charge in [-0.15, -0.1) is 0 Å². The number of hydrogen-bond acceptors (Lipinski definition) is 4. The van der Waals surface area contributed by atoms with Crippen LogP contribution < -0.4 is 14.4 Å². The van der Waals surface area contributed by atoms with Gasteiger partial charge in [-0.3, -0.25) is 9.10 Å². The minimum absolute atomic E-state index is 0.102. The molecule has 32 heavy (non-hydrogen) atoms. The number of halogens is 2. The minimum Gasteiger partial charge on any atom is -0.496 e. The van der Waals surface area contributed by atoms with Crippen molar-refractivity contribution in [1.82, 2.24) is 0 Å². The number of carbonyl (C=O) groups excluding carboxylic acids is 1. The Kier molecular flexibility index (Phi) is 7.06. The van der Waals surface area contributed by atoms with Crippen molar-refractivity contribution in [3.8, 4) is 5.75 Å². The number of hydrogen-bond donors (Lipinski definition) is 1. The monoisotopic (exact) mass is 476 g/mol. The molecule has 1 N–H and O–H groups in total. The Labute approximate surface area is 191 Å². The van der Waals surface area contributed by atoms with E-state index in [-0.39, 0.29) is 12.5 Å². The molecule has 0 aliphatic carbocycles. The van der Waals surface area contributed by atoms with E-state index in [4.69, 9.17) is 16.3 Å². The standard InChI is InChI=1S/C23H22ClFN2O4S/c1-15-12-18(24)5-10-21(15)26-23(28)16-4-11-22(31-2)17(13-16)14-27(32(3,29)30)20-8-6-19(25)7-9-20/h4-13H,14H2,1-3H3,(H,26,28). The third kappa shape index (κ3) is 5.57. The van der Waals surface area contributed by atoms with Gasteiger partial charge in [0.25, 0.3) is 5.91 Å². The van der Waals surface area contributed by atoms with Crippen LogP contribution in [0.4, 0.5) is 15.8 Å². The van der Waals surface area contributed by atoms with Gasteiger partial charge in [-0.2, -0.15) is 0 Å². The summed E-state index contributed by atoms with van der Waals surface area (Å²) in [6, 6.07) is 15.0. The van der Waals surface area contributed by atoms with Gasteiger partial charge in [-0.25, -0.2) is 12.8 Å². The van der Waals surface area contributed by atoms with Gasteiger partial charge >= 0.3 is 0 Å². The summed E-state index contributed by atoms with van der Waals surface area (Å²) in [6.07, 6.45) is 1.06. The number of nitrogens with one attached hydrogen (secondary N) is 1. The van der Waals surface area contributed by atoms with Gasteiger partial charge in [-0.1, -0.05) is 11.6 Å². The maximum absolute atomic E-state index is 13.3. The zero-order valence-electron chi connectivity index (χ0n) is 17.7. The predicted molar refractivity (Wildman–Crippen MR) is 125 cm³/mol. The molecule has 1 amide bonds. The van der Waals surface area contributed by atoms with Crippen molar-refractivity contribution in [1.29, 1.82) is 0 Å². The lowest BCUT2D eigenvalue weighted by atomic mass is 10.1. The number of amides is 1. The molecule has 0 aliphatic heterocycles. The van der Waals surface area contributed by atoms with Crippen molar-refractivity contribution in [2.45, 2.75) is 13.5 Å². The highest BCUT2D eigenvalue weighted by atomic mass is 35.5. The van der Waals surface area contributed by atoms with Crippen LogP contribution >= 0.6 is 11.6 Å². The number of sulfonamides is 1. The number of benzene rings is 3. The van der Waals surface area contributed by atoms with E-state index < -0.39 is 15.8 Å². The second-order valence-electron chi connectivity index (χ2n) is 7.19. The highest BCUT2D eigenvalue weighted by molar-refractivity contribution is 7.92. The second kappa shape index (κ2) is 9.58. The number of ether oxygens (including phenoxy) is 1. The van der Waals surface area contributed by atoms with E-state index in [1.807, 2.05) is 6.92 Å². The maximum Gasteiger partial charge on any atom is 0.255 e. The summed E-state index contributed by atoms with van der Waals surface area (Å²) in [5, 5.41) is 3.39. The van der Waals surface area contributed by atoms with E-state index in [0.29, 0.717) is 33.3 Å². The van der Waals surface area contributed by atoms with Crippen LogP contribution in [-0.4, -0.2) is 27.7 Å². The normalized spacial score (nSPS) is 11.2. The number of aryl methyl sites for hydroxylation is 1. The van der Waals surface area contributed by atoms with Crippen molar-refractivity contribution in [3.63, 3.8) is 0 Å². The highest BCUT2D eigenvalue weighted by Crippen LogP contribution is 2.27. The molecule has 0 atom stereocenters. The molecule has 0 spiro atoms. The number of nitrogens with zero attached hydrogens (tertiary/aromatic N) is 1. The van der Waals surface area contributed by atoms with Crippen LogP contribution in [0.3, 0.4) is 0 Å². The van der Waals surface area contributed by atoms with Crippen molar-refractivity contribution in [2.24, 2.45) is 0 Å². The predicted octanol–water partition coefficient (Wildman–Crippen LogP) is 5.01. The summed E-state index contributed by atoms with van der Waals surface area (Å²) >= 11 is 5.97. The molecule has 0 unspecified atom stereocenters. The van der Waals surface area contributed by atoms with Crippen LogP contribution in [0.15, 0.2) is 60.7 Å². The number of methoxy groups -OCH3 is 1. The van der Waals surface area contributed by atoms with E-state index in [1.54, 1.807) is 36.4 Å². The lowest BCUT2D eigenvalue weighted by molar-refractivity contribution is 0.102. The topological polar surface area (TPSA) is 75.7 Å².